The van der Waals surface area contributed by atoms with E-state index in [4.69, 9.17) is 9.47 Å². The predicted octanol–water partition coefficient (Wildman–Crippen LogP) is 0.404. The lowest BCUT2D eigenvalue weighted by molar-refractivity contribution is -0.144. The van der Waals surface area contributed by atoms with Gasteiger partial charge < -0.3 is 24.8 Å². The van der Waals surface area contributed by atoms with Crippen molar-refractivity contribution in [1.29, 1.82) is 0 Å². The van der Waals surface area contributed by atoms with Crippen LogP contribution in [0.2, 0.25) is 0 Å². The van der Waals surface area contributed by atoms with Gasteiger partial charge in [0.1, 0.15) is 0 Å². The number of rotatable bonds is 9. The first-order valence-corrected chi connectivity index (χ1v) is 7.85. The normalized spacial score (nSPS) is 19.8. The molecule has 0 aliphatic carbocycles. The van der Waals surface area contributed by atoms with E-state index in [2.05, 4.69) is 20.4 Å². The average molecular weight is 315 g/mol. The highest BCUT2D eigenvalue weighted by Gasteiger charge is 2.15. The number of carbonyl (C=O) groups is 1. The van der Waals surface area contributed by atoms with E-state index in [1.165, 1.54) is 7.11 Å². The Morgan fingerprint density at radius 2 is 2.27 bits per heavy atom. The fourth-order valence-electron chi connectivity index (χ4n) is 2.10. The molecule has 0 saturated carbocycles. The maximum atomic E-state index is 11.3. The van der Waals surface area contributed by atoms with Crippen molar-refractivity contribution in [2.45, 2.75) is 19.8 Å². The van der Waals surface area contributed by atoms with Crippen molar-refractivity contribution in [2.24, 2.45) is 16.8 Å². The second-order valence-electron chi connectivity index (χ2n) is 5.46. The lowest BCUT2D eigenvalue weighted by Gasteiger charge is -2.15. The van der Waals surface area contributed by atoms with Crippen LogP contribution in [0.4, 0.5) is 0 Å². The molecule has 7 nitrogen and oxygen atoms in total. The van der Waals surface area contributed by atoms with Crippen molar-refractivity contribution in [3.8, 4) is 0 Å². The summed E-state index contributed by atoms with van der Waals surface area (Å²) in [5.41, 5.74) is 0. The first-order valence-electron chi connectivity index (χ1n) is 7.85. The SMILES string of the molecule is CN=C(NCCCOCC1CCOC1)NCC(C)C(=O)OC. The molecule has 2 unspecified atom stereocenters. The molecule has 1 aliphatic rings. The van der Waals surface area contributed by atoms with Crippen molar-refractivity contribution >= 4 is 11.9 Å². The van der Waals surface area contributed by atoms with Crippen LogP contribution in [-0.4, -0.2) is 65.6 Å². The molecule has 0 bridgehead atoms. The van der Waals surface area contributed by atoms with E-state index in [1.54, 1.807) is 7.05 Å². The highest BCUT2D eigenvalue weighted by atomic mass is 16.5. The van der Waals surface area contributed by atoms with Crippen LogP contribution < -0.4 is 10.6 Å². The van der Waals surface area contributed by atoms with Gasteiger partial charge in [-0.2, -0.15) is 0 Å². The highest BCUT2D eigenvalue weighted by Crippen LogP contribution is 2.12. The molecule has 1 aliphatic heterocycles. The molecule has 1 heterocycles. The molecule has 2 N–H and O–H groups in total. The average Bonchev–Trinajstić information content (AvgIpc) is 3.05. The number of nitrogens with one attached hydrogen (secondary N) is 2. The molecule has 1 fully saturated rings. The van der Waals surface area contributed by atoms with Gasteiger partial charge in [0.2, 0.25) is 0 Å². The largest absolute Gasteiger partial charge is 0.469 e. The Kier molecular flexibility index (Phi) is 9.57. The number of aliphatic imine (C=N–C) groups is 1. The third-order valence-electron chi connectivity index (χ3n) is 3.54. The van der Waals surface area contributed by atoms with Crippen LogP contribution >= 0.6 is 0 Å². The van der Waals surface area contributed by atoms with Gasteiger partial charge >= 0.3 is 5.97 Å². The summed E-state index contributed by atoms with van der Waals surface area (Å²) in [6.07, 6.45) is 2.01. The first-order chi connectivity index (χ1) is 10.7. The van der Waals surface area contributed by atoms with Crippen LogP contribution in [0.25, 0.3) is 0 Å². The second-order valence-corrected chi connectivity index (χ2v) is 5.46. The monoisotopic (exact) mass is 315 g/mol. The van der Waals surface area contributed by atoms with Gasteiger partial charge in [-0.15, -0.1) is 0 Å². The van der Waals surface area contributed by atoms with Crippen LogP contribution in [-0.2, 0) is 19.0 Å². The molecule has 7 heteroatoms. The Hall–Kier alpha value is -1.34. The zero-order valence-corrected chi connectivity index (χ0v) is 13.9. The minimum Gasteiger partial charge on any atom is -0.469 e. The number of guanidine groups is 1. The summed E-state index contributed by atoms with van der Waals surface area (Å²) < 4.78 is 15.6. The van der Waals surface area contributed by atoms with Crippen molar-refractivity contribution in [1.82, 2.24) is 10.6 Å². The molecule has 0 aromatic rings. The number of carbonyl (C=O) groups excluding carboxylic acids is 1. The minimum atomic E-state index is -0.229. The van der Waals surface area contributed by atoms with Crippen LogP contribution in [0, 0.1) is 11.8 Å². The molecule has 22 heavy (non-hydrogen) atoms. The molecule has 2 atom stereocenters. The van der Waals surface area contributed by atoms with Gasteiger partial charge in [-0.1, -0.05) is 6.92 Å². The molecular weight excluding hydrogens is 286 g/mol. The van der Waals surface area contributed by atoms with E-state index in [0.717, 1.165) is 45.8 Å². The maximum Gasteiger partial charge on any atom is 0.310 e. The van der Waals surface area contributed by atoms with E-state index in [-0.39, 0.29) is 11.9 Å². The van der Waals surface area contributed by atoms with Crippen LogP contribution in [0.15, 0.2) is 4.99 Å². The van der Waals surface area contributed by atoms with Crippen molar-refractivity contribution < 1.29 is 19.0 Å². The van der Waals surface area contributed by atoms with Crippen LogP contribution in [0.5, 0.6) is 0 Å². The van der Waals surface area contributed by atoms with E-state index < -0.39 is 0 Å². The molecule has 0 radical (unpaired) electrons. The van der Waals surface area contributed by atoms with E-state index >= 15 is 0 Å². The number of esters is 1. The van der Waals surface area contributed by atoms with Gasteiger partial charge in [0.05, 0.1) is 26.2 Å². The zero-order valence-electron chi connectivity index (χ0n) is 13.9. The fraction of sp³-hybridized carbons (Fsp3) is 0.867. The molecule has 1 saturated heterocycles. The predicted molar refractivity (Wildman–Crippen MR) is 84.9 cm³/mol. The zero-order chi connectivity index (χ0) is 16.2. The Bertz CT molecular complexity index is 344. The number of ether oxygens (including phenoxy) is 3. The van der Waals surface area contributed by atoms with E-state index in [9.17, 15) is 4.79 Å². The summed E-state index contributed by atoms with van der Waals surface area (Å²) in [6, 6.07) is 0. The summed E-state index contributed by atoms with van der Waals surface area (Å²) in [4.78, 5) is 15.4. The standard InChI is InChI=1S/C15H29N3O4/c1-12(14(19)20-3)9-18-15(16-2)17-6-4-7-21-10-13-5-8-22-11-13/h12-13H,4-11H2,1-3H3,(H2,16,17,18). The first kappa shape index (κ1) is 18.7. The summed E-state index contributed by atoms with van der Waals surface area (Å²) >= 11 is 0. The van der Waals surface area contributed by atoms with Gasteiger partial charge in [0.25, 0.3) is 0 Å². The quantitative estimate of drug-likeness (QED) is 0.277. The van der Waals surface area contributed by atoms with Gasteiger partial charge in [-0.05, 0) is 12.8 Å². The molecular formula is C15H29N3O4. The van der Waals surface area contributed by atoms with E-state index in [1.807, 2.05) is 6.92 Å². The molecule has 1 rings (SSSR count). The Morgan fingerprint density at radius 1 is 1.45 bits per heavy atom. The van der Waals surface area contributed by atoms with Crippen molar-refractivity contribution in [3.05, 3.63) is 0 Å². The van der Waals surface area contributed by atoms with Crippen LogP contribution in [0.3, 0.4) is 0 Å². The summed E-state index contributed by atoms with van der Waals surface area (Å²) in [7, 11) is 3.10. The number of hydrogen-bond acceptors (Lipinski definition) is 5. The lowest BCUT2D eigenvalue weighted by Crippen LogP contribution is -2.41. The smallest absolute Gasteiger partial charge is 0.310 e. The van der Waals surface area contributed by atoms with Gasteiger partial charge in [-0.3, -0.25) is 9.79 Å². The molecule has 0 spiro atoms. The van der Waals surface area contributed by atoms with Gasteiger partial charge in [0, 0.05) is 39.3 Å². The number of methoxy groups -OCH3 is 1. The molecule has 0 aromatic carbocycles. The van der Waals surface area contributed by atoms with Gasteiger partial charge in [-0.25, -0.2) is 0 Å². The van der Waals surface area contributed by atoms with E-state index in [0.29, 0.717) is 18.4 Å². The lowest BCUT2D eigenvalue weighted by atomic mass is 10.1. The summed E-state index contributed by atoms with van der Waals surface area (Å²) in [5.74, 6) is 0.801. The Morgan fingerprint density at radius 3 is 2.91 bits per heavy atom. The molecule has 128 valence electrons. The van der Waals surface area contributed by atoms with Crippen molar-refractivity contribution in [2.75, 3.05) is 53.7 Å². The molecule has 0 aromatic heterocycles. The topological polar surface area (TPSA) is 81.2 Å². The van der Waals surface area contributed by atoms with Crippen molar-refractivity contribution in [3.63, 3.8) is 0 Å². The third-order valence-corrected chi connectivity index (χ3v) is 3.54. The molecule has 0 amide bonds. The van der Waals surface area contributed by atoms with Gasteiger partial charge in [0.15, 0.2) is 5.96 Å². The second kappa shape index (κ2) is 11.3. The minimum absolute atomic E-state index is 0.208. The summed E-state index contributed by atoms with van der Waals surface area (Å²) in [5, 5.41) is 6.29. The third kappa shape index (κ3) is 7.61. The number of nitrogens with zero attached hydrogens (tertiary/aromatic N) is 1. The van der Waals surface area contributed by atoms with Crippen LogP contribution in [0.1, 0.15) is 19.8 Å². The maximum absolute atomic E-state index is 11.3. The number of hydrogen-bond donors (Lipinski definition) is 2. The Labute approximate surface area is 132 Å². The fourth-order valence-corrected chi connectivity index (χ4v) is 2.10. The summed E-state index contributed by atoms with van der Waals surface area (Å²) in [6.45, 7) is 6.27. The Balaban J connectivity index is 2.02. The highest BCUT2D eigenvalue weighted by molar-refractivity contribution is 5.80.